The van der Waals surface area contributed by atoms with Crippen LogP contribution in [0.4, 0.5) is 8.78 Å². The lowest BCUT2D eigenvalue weighted by Crippen LogP contribution is -1.70. The minimum Gasteiger partial charge on any atom is -0.243 e. The van der Waals surface area contributed by atoms with E-state index in [0.717, 1.165) is 6.08 Å². The van der Waals surface area contributed by atoms with E-state index in [-0.39, 0.29) is 0 Å². The van der Waals surface area contributed by atoms with Crippen LogP contribution in [0.2, 0.25) is 0 Å². The van der Waals surface area contributed by atoms with Gasteiger partial charge < -0.3 is 0 Å². The molecule has 0 aliphatic heterocycles. The van der Waals surface area contributed by atoms with E-state index in [2.05, 4.69) is 6.58 Å². The average Bonchev–Trinajstić information content (AvgIpc) is 1.68. The summed E-state index contributed by atoms with van der Waals surface area (Å²) in [5.74, 6) is -0.782. The molecule has 0 N–H and O–H groups in total. The molecule has 7 heavy (non-hydrogen) atoms. The van der Waals surface area contributed by atoms with E-state index in [4.69, 9.17) is 0 Å². The Hall–Kier alpha value is -0.660. The van der Waals surface area contributed by atoms with Gasteiger partial charge in [0.25, 0.3) is 0 Å². The molecule has 0 atom stereocenters. The van der Waals surface area contributed by atoms with Crippen molar-refractivity contribution in [2.24, 2.45) is 0 Å². The Kier molecular flexibility index (Phi) is 3.19. The molecule has 0 amide bonds. The minimum atomic E-state index is -1.04. The zero-order valence-corrected chi connectivity index (χ0v) is 3.82. The Morgan fingerprint density at radius 1 is 1.71 bits per heavy atom. The number of rotatable bonds is 2. The van der Waals surface area contributed by atoms with Crippen molar-refractivity contribution in [1.29, 1.82) is 0 Å². The molecular formula is C5H6F2. The van der Waals surface area contributed by atoms with E-state index >= 15 is 0 Å². The summed E-state index contributed by atoms with van der Waals surface area (Å²) >= 11 is 0. The second kappa shape index (κ2) is 3.53. The van der Waals surface area contributed by atoms with E-state index in [1.54, 1.807) is 0 Å². The Labute approximate surface area is 41.2 Å². The summed E-state index contributed by atoms with van der Waals surface area (Å²) in [4.78, 5) is 0. The fraction of sp³-hybridized carbons (Fsp3) is 0.200. The van der Waals surface area contributed by atoms with Gasteiger partial charge in [0.05, 0.1) is 0 Å². The molecule has 0 aliphatic carbocycles. The molecule has 0 aromatic heterocycles. The van der Waals surface area contributed by atoms with Gasteiger partial charge in [0.2, 0.25) is 0 Å². The van der Waals surface area contributed by atoms with Gasteiger partial charge in [0.15, 0.2) is 0 Å². The predicted octanol–water partition coefficient (Wildman–Crippen LogP) is 2.00. The van der Waals surface area contributed by atoms with Crippen molar-refractivity contribution in [3.05, 3.63) is 24.6 Å². The van der Waals surface area contributed by atoms with Crippen molar-refractivity contribution in [3.63, 3.8) is 0 Å². The molecule has 0 saturated carbocycles. The molecule has 0 unspecified atom stereocenters. The fourth-order valence-electron chi connectivity index (χ4n) is 0.172. The van der Waals surface area contributed by atoms with E-state index < -0.39 is 12.5 Å². The lowest BCUT2D eigenvalue weighted by molar-refractivity contribution is 0.459. The highest BCUT2D eigenvalue weighted by Crippen LogP contribution is 1.94. The second-order valence-electron chi connectivity index (χ2n) is 0.983. The molecule has 0 rings (SSSR count). The van der Waals surface area contributed by atoms with Gasteiger partial charge in [0, 0.05) is 0 Å². The van der Waals surface area contributed by atoms with Crippen LogP contribution in [0.3, 0.4) is 0 Å². The van der Waals surface area contributed by atoms with Crippen LogP contribution in [0.25, 0.3) is 0 Å². The molecule has 0 nitrogen and oxygen atoms in total. The lowest BCUT2D eigenvalue weighted by Gasteiger charge is -1.78. The summed E-state index contributed by atoms with van der Waals surface area (Å²) in [5, 5.41) is 0. The Morgan fingerprint density at radius 3 is 2.43 bits per heavy atom. The van der Waals surface area contributed by atoms with Gasteiger partial charge in [0.1, 0.15) is 12.5 Å². The molecule has 40 valence electrons. The molecule has 0 fully saturated rings. The van der Waals surface area contributed by atoms with Crippen LogP contribution in [0.15, 0.2) is 24.6 Å². The monoisotopic (exact) mass is 104 g/mol. The van der Waals surface area contributed by atoms with E-state index in [0.29, 0.717) is 0 Å². The van der Waals surface area contributed by atoms with Crippen molar-refractivity contribution >= 4 is 0 Å². The van der Waals surface area contributed by atoms with Crippen molar-refractivity contribution in [1.82, 2.24) is 0 Å². The highest BCUT2D eigenvalue weighted by molar-refractivity contribution is 5.02. The fourth-order valence-corrected chi connectivity index (χ4v) is 0.172. The molecule has 2 heteroatoms. The number of allylic oxidation sites excluding steroid dienone is 3. The van der Waals surface area contributed by atoms with E-state index in [1.807, 2.05) is 0 Å². The van der Waals surface area contributed by atoms with Gasteiger partial charge in [-0.25, -0.2) is 8.78 Å². The maximum atomic E-state index is 11.5. The minimum absolute atomic E-state index is 0.782. The number of alkyl halides is 1. The topological polar surface area (TPSA) is 0 Å². The van der Waals surface area contributed by atoms with E-state index in [1.165, 1.54) is 6.08 Å². The molecule has 0 aliphatic rings. The van der Waals surface area contributed by atoms with Crippen LogP contribution in [-0.4, -0.2) is 6.67 Å². The quantitative estimate of drug-likeness (QED) is 0.470. The van der Waals surface area contributed by atoms with Gasteiger partial charge in [-0.15, -0.1) is 0 Å². The highest BCUT2D eigenvalue weighted by Gasteiger charge is 1.84. The third-order valence-corrected chi connectivity index (χ3v) is 0.426. The normalized spacial score (nSPS) is 11.4. The largest absolute Gasteiger partial charge is 0.243 e. The average molecular weight is 104 g/mol. The van der Waals surface area contributed by atoms with E-state index in [9.17, 15) is 8.78 Å². The maximum Gasteiger partial charge on any atom is 0.141 e. The first kappa shape index (κ1) is 6.34. The lowest BCUT2D eigenvalue weighted by atomic mass is 10.5. The molecule has 0 saturated heterocycles. The summed E-state index contributed by atoms with van der Waals surface area (Å²) < 4.78 is 22.6. The summed E-state index contributed by atoms with van der Waals surface area (Å²) in [6.07, 6.45) is 2.19. The van der Waals surface area contributed by atoms with Crippen molar-refractivity contribution in [2.45, 2.75) is 0 Å². The number of halogens is 2. The first-order valence-corrected chi connectivity index (χ1v) is 1.84. The van der Waals surface area contributed by atoms with Crippen molar-refractivity contribution in [2.75, 3.05) is 6.67 Å². The standard InChI is InChI=1S/C5H6F2/c1-2-3-5(7)4-6/h2-3H,1,4H2/b5-3+. The van der Waals surface area contributed by atoms with Crippen LogP contribution >= 0.6 is 0 Å². The van der Waals surface area contributed by atoms with Gasteiger partial charge in [-0.3, -0.25) is 0 Å². The van der Waals surface area contributed by atoms with Gasteiger partial charge in [-0.05, 0) is 6.08 Å². The number of hydrogen-bond donors (Lipinski definition) is 0. The smallest absolute Gasteiger partial charge is 0.141 e. The van der Waals surface area contributed by atoms with Crippen molar-refractivity contribution < 1.29 is 8.78 Å². The van der Waals surface area contributed by atoms with Crippen LogP contribution in [-0.2, 0) is 0 Å². The molecule has 0 heterocycles. The van der Waals surface area contributed by atoms with Crippen LogP contribution in [0.5, 0.6) is 0 Å². The third-order valence-electron chi connectivity index (χ3n) is 0.426. The Morgan fingerprint density at radius 2 is 2.29 bits per heavy atom. The predicted molar refractivity (Wildman–Crippen MR) is 25.4 cm³/mol. The summed E-state index contributed by atoms with van der Waals surface area (Å²) in [7, 11) is 0. The highest BCUT2D eigenvalue weighted by atomic mass is 19.2. The molecule has 0 bridgehead atoms. The summed E-state index contributed by atoms with van der Waals surface area (Å²) in [6.45, 7) is 2.13. The van der Waals surface area contributed by atoms with Crippen LogP contribution in [0.1, 0.15) is 0 Å². The van der Waals surface area contributed by atoms with Crippen molar-refractivity contribution in [3.8, 4) is 0 Å². The maximum absolute atomic E-state index is 11.5. The first-order valence-electron chi connectivity index (χ1n) is 1.84. The number of hydrogen-bond acceptors (Lipinski definition) is 0. The summed E-state index contributed by atoms with van der Waals surface area (Å²) in [5.41, 5.74) is 0. The third kappa shape index (κ3) is 3.16. The Balaban J connectivity index is 3.49. The molecule has 0 aromatic rings. The molecule has 0 spiro atoms. The molecule has 0 radical (unpaired) electrons. The second-order valence-corrected chi connectivity index (χ2v) is 0.983. The molecule has 0 aromatic carbocycles. The van der Waals surface area contributed by atoms with Crippen LogP contribution in [0, 0.1) is 0 Å². The van der Waals surface area contributed by atoms with Gasteiger partial charge in [-0.1, -0.05) is 12.7 Å². The van der Waals surface area contributed by atoms with Gasteiger partial charge >= 0.3 is 0 Å². The first-order chi connectivity index (χ1) is 3.31. The summed E-state index contributed by atoms with van der Waals surface area (Å²) in [6, 6.07) is 0. The molecular weight excluding hydrogens is 98.1 g/mol. The zero-order valence-electron chi connectivity index (χ0n) is 3.82. The SMILES string of the molecule is C=C/C=C(/F)CF. The zero-order chi connectivity index (χ0) is 5.70. The van der Waals surface area contributed by atoms with Gasteiger partial charge in [-0.2, -0.15) is 0 Å². The Bertz CT molecular complexity index is 84.1. The van der Waals surface area contributed by atoms with Crippen LogP contribution < -0.4 is 0 Å².